The zero-order chi connectivity index (χ0) is 17.4. The van der Waals surface area contributed by atoms with Crippen molar-refractivity contribution in [3.8, 4) is 11.3 Å². The summed E-state index contributed by atoms with van der Waals surface area (Å²) in [5.41, 5.74) is 5.74. The van der Waals surface area contributed by atoms with Gasteiger partial charge in [0.15, 0.2) is 5.13 Å². The van der Waals surface area contributed by atoms with E-state index in [0.29, 0.717) is 5.13 Å². The lowest BCUT2D eigenvalue weighted by Crippen LogP contribution is -2.11. The molecule has 4 rings (SSSR count). The standard InChI is InChI=1S/C20H20N2OS2/c1-12-9-17(13(2)25-12)19(23)22-20-21-18(11-24-20)16-8-7-14-5-3-4-6-15(14)10-16/h7-11H,3-6H2,1-2H3,(H,21,22,23). The maximum Gasteiger partial charge on any atom is 0.258 e. The third-order valence-corrected chi connectivity index (χ3v) is 6.38. The predicted octanol–water partition coefficient (Wildman–Crippen LogP) is 5.62. The Morgan fingerprint density at radius 1 is 1.12 bits per heavy atom. The monoisotopic (exact) mass is 368 g/mol. The fraction of sp³-hybridized carbons (Fsp3) is 0.300. The minimum atomic E-state index is -0.0757. The largest absolute Gasteiger partial charge is 0.298 e. The van der Waals surface area contributed by atoms with Crippen LogP contribution in [0.5, 0.6) is 0 Å². The van der Waals surface area contributed by atoms with Gasteiger partial charge in [-0.1, -0.05) is 12.1 Å². The van der Waals surface area contributed by atoms with Crippen LogP contribution in [-0.4, -0.2) is 10.9 Å². The zero-order valence-electron chi connectivity index (χ0n) is 14.4. The summed E-state index contributed by atoms with van der Waals surface area (Å²) >= 11 is 3.12. The van der Waals surface area contributed by atoms with Crippen molar-refractivity contribution in [2.75, 3.05) is 5.32 Å². The van der Waals surface area contributed by atoms with Gasteiger partial charge in [-0.05, 0) is 62.8 Å². The molecule has 1 aliphatic carbocycles. The highest BCUT2D eigenvalue weighted by Crippen LogP contribution is 2.30. The highest BCUT2D eigenvalue weighted by atomic mass is 32.1. The number of anilines is 1. The number of hydrogen-bond acceptors (Lipinski definition) is 4. The Balaban J connectivity index is 1.54. The molecule has 1 aromatic carbocycles. The van der Waals surface area contributed by atoms with E-state index < -0.39 is 0 Å². The summed E-state index contributed by atoms with van der Waals surface area (Å²) in [7, 11) is 0. The van der Waals surface area contributed by atoms with E-state index in [0.717, 1.165) is 33.0 Å². The van der Waals surface area contributed by atoms with Crippen molar-refractivity contribution in [1.82, 2.24) is 4.98 Å². The number of fused-ring (bicyclic) bond motifs is 1. The first-order valence-corrected chi connectivity index (χ1v) is 10.3. The molecule has 0 unspecified atom stereocenters. The third-order valence-electron chi connectivity index (χ3n) is 4.65. The van der Waals surface area contributed by atoms with E-state index in [9.17, 15) is 4.79 Å². The van der Waals surface area contributed by atoms with Gasteiger partial charge in [-0.3, -0.25) is 10.1 Å². The van der Waals surface area contributed by atoms with Crippen LogP contribution < -0.4 is 5.32 Å². The Morgan fingerprint density at radius 3 is 2.68 bits per heavy atom. The Bertz CT molecular complexity index is 939. The molecular weight excluding hydrogens is 348 g/mol. The number of hydrogen-bond donors (Lipinski definition) is 1. The Labute approximate surface area is 155 Å². The minimum Gasteiger partial charge on any atom is -0.298 e. The van der Waals surface area contributed by atoms with Crippen LogP contribution in [0.3, 0.4) is 0 Å². The summed E-state index contributed by atoms with van der Waals surface area (Å²) in [5, 5.41) is 5.61. The van der Waals surface area contributed by atoms with Crippen LogP contribution in [0.1, 0.15) is 44.1 Å². The van der Waals surface area contributed by atoms with E-state index in [1.54, 1.807) is 11.3 Å². The van der Waals surface area contributed by atoms with E-state index in [4.69, 9.17) is 0 Å². The number of carbonyl (C=O) groups excluding carboxylic acids is 1. The summed E-state index contributed by atoms with van der Waals surface area (Å²) in [6.45, 7) is 4.00. The van der Waals surface area contributed by atoms with Gasteiger partial charge < -0.3 is 0 Å². The molecule has 0 radical (unpaired) electrons. The van der Waals surface area contributed by atoms with Crippen LogP contribution in [0.2, 0.25) is 0 Å². The average molecular weight is 369 g/mol. The predicted molar refractivity (Wildman–Crippen MR) is 106 cm³/mol. The molecule has 3 aromatic rings. The molecule has 0 bridgehead atoms. The summed E-state index contributed by atoms with van der Waals surface area (Å²) in [5.74, 6) is -0.0757. The van der Waals surface area contributed by atoms with Crippen molar-refractivity contribution in [2.24, 2.45) is 0 Å². The van der Waals surface area contributed by atoms with Crippen LogP contribution in [0, 0.1) is 13.8 Å². The molecule has 2 heterocycles. The van der Waals surface area contributed by atoms with Crippen LogP contribution in [0.15, 0.2) is 29.6 Å². The minimum absolute atomic E-state index is 0.0757. The molecule has 0 saturated heterocycles. The van der Waals surface area contributed by atoms with Gasteiger partial charge in [0.25, 0.3) is 5.91 Å². The second-order valence-corrected chi connectivity index (χ2v) is 8.83. The van der Waals surface area contributed by atoms with Crippen LogP contribution in [-0.2, 0) is 12.8 Å². The summed E-state index contributed by atoms with van der Waals surface area (Å²) in [6, 6.07) is 8.59. The molecule has 1 N–H and O–H groups in total. The first-order chi connectivity index (χ1) is 12.1. The van der Waals surface area contributed by atoms with Gasteiger partial charge in [-0.15, -0.1) is 22.7 Å². The van der Waals surface area contributed by atoms with Crippen molar-refractivity contribution in [3.63, 3.8) is 0 Å². The lowest BCUT2D eigenvalue weighted by molar-refractivity contribution is 0.102. The first-order valence-electron chi connectivity index (χ1n) is 8.56. The summed E-state index contributed by atoms with van der Waals surface area (Å²) in [4.78, 5) is 19.3. The Kier molecular flexibility index (Phi) is 4.44. The number of nitrogens with one attached hydrogen (secondary N) is 1. The van der Waals surface area contributed by atoms with Gasteiger partial charge in [0.1, 0.15) is 0 Å². The average Bonchev–Trinajstić information content (AvgIpc) is 3.20. The Hall–Kier alpha value is -1.98. The fourth-order valence-electron chi connectivity index (χ4n) is 3.38. The van der Waals surface area contributed by atoms with E-state index in [2.05, 4.69) is 28.5 Å². The SMILES string of the molecule is Cc1cc(C(=O)Nc2nc(-c3ccc4c(c3)CCCC4)cs2)c(C)s1. The maximum atomic E-state index is 12.4. The van der Waals surface area contributed by atoms with E-state index >= 15 is 0 Å². The van der Waals surface area contributed by atoms with E-state index in [1.165, 1.54) is 41.7 Å². The van der Waals surface area contributed by atoms with E-state index in [1.807, 2.05) is 25.3 Å². The molecule has 0 aliphatic heterocycles. The van der Waals surface area contributed by atoms with Crippen molar-refractivity contribution in [2.45, 2.75) is 39.5 Å². The van der Waals surface area contributed by atoms with Crippen LogP contribution >= 0.6 is 22.7 Å². The van der Waals surface area contributed by atoms with Crippen LogP contribution in [0.4, 0.5) is 5.13 Å². The fourth-order valence-corrected chi connectivity index (χ4v) is 5.01. The zero-order valence-corrected chi connectivity index (χ0v) is 16.0. The highest BCUT2D eigenvalue weighted by Gasteiger charge is 2.15. The molecule has 0 saturated carbocycles. The molecular formula is C20H20N2OS2. The smallest absolute Gasteiger partial charge is 0.258 e. The molecule has 128 valence electrons. The van der Waals surface area contributed by atoms with Gasteiger partial charge in [0.2, 0.25) is 0 Å². The number of amides is 1. The molecule has 0 atom stereocenters. The molecule has 2 aromatic heterocycles. The maximum absolute atomic E-state index is 12.4. The van der Waals surface area contributed by atoms with Crippen molar-refractivity contribution < 1.29 is 4.79 Å². The number of benzene rings is 1. The van der Waals surface area contributed by atoms with Gasteiger partial charge in [0.05, 0.1) is 11.3 Å². The molecule has 0 fully saturated rings. The van der Waals surface area contributed by atoms with Gasteiger partial charge in [-0.25, -0.2) is 4.98 Å². The van der Waals surface area contributed by atoms with Gasteiger partial charge in [0, 0.05) is 20.7 Å². The summed E-state index contributed by atoms with van der Waals surface area (Å²) < 4.78 is 0. The number of thiophene rings is 1. The third kappa shape index (κ3) is 3.39. The number of aryl methyl sites for hydroxylation is 4. The quantitative estimate of drug-likeness (QED) is 0.652. The normalized spacial score (nSPS) is 13.5. The van der Waals surface area contributed by atoms with Gasteiger partial charge in [-0.2, -0.15) is 0 Å². The second kappa shape index (κ2) is 6.73. The lowest BCUT2D eigenvalue weighted by atomic mass is 9.90. The van der Waals surface area contributed by atoms with E-state index in [-0.39, 0.29) is 5.91 Å². The summed E-state index contributed by atoms with van der Waals surface area (Å²) in [6.07, 6.45) is 4.91. The number of thiazole rings is 1. The van der Waals surface area contributed by atoms with Crippen molar-refractivity contribution in [1.29, 1.82) is 0 Å². The number of aromatic nitrogens is 1. The highest BCUT2D eigenvalue weighted by molar-refractivity contribution is 7.14. The molecule has 1 aliphatic rings. The molecule has 5 heteroatoms. The molecule has 0 spiro atoms. The Morgan fingerprint density at radius 2 is 1.92 bits per heavy atom. The topological polar surface area (TPSA) is 42.0 Å². The number of carbonyl (C=O) groups is 1. The molecule has 25 heavy (non-hydrogen) atoms. The van der Waals surface area contributed by atoms with Crippen molar-refractivity contribution in [3.05, 3.63) is 56.1 Å². The van der Waals surface area contributed by atoms with Gasteiger partial charge >= 0.3 is 0 Å². The lowest BCUT2D eigenvalue weighted by Gasteiger charge is -2.16. The first kappa shape index (κ1) is 16.5. The molecule has 1 amide bonds. The number of rotatable bonds is 3. The number of nitrogens with zero attached hydrogens (tertiary/aromatic N) is 1. The van der Waals surface area contributed by atoms with Crippen LogP contribution in [0.25, 0.3) is 11.3 Å². The molecule has 3 nitrogen and oxygen atoms in total. The van der Waals surface area contributed by atoms with Crippen molar-refractivity contribution >= 4 is 33.7 Å². The second-order valence-electron chi connectivity index (χ2n) is 6.51.